The van der Waals surface area contributed by atoms with Crippen molar-refractivity contribution >= 4 is 0 Å². The Hall–Kier alpha value is -0.960. The highest BCUT2D eigenvalue weighted by Crippen LogP contribution is 2.40. The second-order valence-electron chi connectivity index (χ2n) is 5.83. The normalized spacial score (nSPS) is 16.3. The van der Waals surface area contributed by atoms with Crippen LogP contribution in [0.1, 0.15) is 82.4 Å². The number of hydrogen-bond donors (Lipinski definition) is 1. The lowest BCUT2D eigenvalue weighted by Gasteiger charge is -2.26. The maximum atomic E-state index is 6.45. The second kappa shape index (κ2) is 4.96. The van der Waals surface area contributed by atoms with Gasteiger partial charge in [-0.2, -0.15) is 0 Å². The van der Waals surface area contributed by atoms with Crippen LogP contribution in [0, 0.1) is 0 Å². The lowest BCUT2D eigenvalue weighted by molar-refractivity contribution is 0.383. The van der Waals surface area contributed by atoms with Gasteiger partial charge in [-0.3, -0.25) is 0 Å². The Kier molecular flexibility index (Phi) is 3.71. The molecule has 2 rings (SSSR count). The molecule has 1 aliphatic rings. The smallest absolute Gasteiger partial charge is 0.148 e. The third-order valence-electron chi connectivity index (χ3n) is 4.06. The van der Waals surface area contributed by atoms with Crippen molar-refractivity contribution < 1.29 is 0 Å². The molecule has 2 N–H and O–H groups in total. The van der Waals surface area contributed by atoms with Crippen molar-refractivity contribution in [2.45, 2.75) is 70.8 Å². The summed E-state index contributed by atoms with van der Waals surface area (Å²) in [6, 6.07) is 2.18. The van der Waals surface area contributed by atoms with Crippen LogP contribution in [0.4, 0.5) is 0 Å². The van der Waals surface area contributed by atoms with Gasteiger partial charge < -0.3 is 5.73 Å². The van der Waals surface area contributed by atoms with Crippen LogP contribution in [-0.4, -0.2) is 9.97 Å². The molecule has 0 aliphatic heterocycles. The van der Waals surface area contributed by atoms with E-state index < -0.39 is 0 Å². The molecule has 1 heterocycles. The largest absolute Gasteiger partial charge is 0.319 e. The van der Waals surface area contributed by atoms with E-state index in [1.165, 1.54) is 18.5 Å². The summed E-state index contributed by atoms with van der Waals surface area (Å²) in [6.07, 6.45) is 4.30. The predicted molar refractivity (Wildman–Crippen MR) is 74.5 cm³/mol. The van der Waals surface area contributed by atoms with Gasteiger partial charge in [-0.1, -0.05) is 27.7 Å². The van der Waals surface area contributed by atoms with Gasteiger partial charge in [0.05, 0.1) is 5.54 Å². The predicted octanol–water partition coefficient (Wildman–Crippen LogP) is 3.45. The fourth-order valence-corrected chi connectivity index (χ4v) is 2.16. The van der Waals surface area contributed by atoms with Crippen molar-refractivity contribution in [1.29, 1.82) is 0 Å². The molecule has 0 bridgehead atoms. The van der Waals surface area contributed by atoms with Crippen LogP contribution in [0.2, 0.25) is 0 Å². The van der Waals surface area contributed by atoms with E-state index in [0.717, 1.165) is 24.4 Å². The Morgan fingerprint density at radius 2 is 1.89 bits per heavy atom. The van der Waals surface area contributed by atoms with Gasteiger partial charge in [0.1, 0.15) is 5.82 Å². The number of nitrogens with zero attached hydrogens (tertiary/aromatic N) is 2. The summed E-state index contributed by atoms with van der Waals surface area (Å²) in [4.78, 5) is 9.48. The lowest BCUT2D eigenvalue weighted by atomic mass is 9.92. The van der Waals surface area contributed by atoms with Crippen molar-refractivity contribution in [3.05, 3.63) is 23.3 Å². The highest BCUT2D eigenvalue weighted by Gasteiger charge is 2.31. The minimum atomic E-state index is -0.367. The topological polar surface area (TPSA) is 51.8 Å². The molecule has 1 fully saturated rings. The summed E-state index contributed by atoms with van der Waals surface area (Å²) < 4.78 is 0. The van der Waals surface area contributed by atoms with E-state index >= 15 is 0 Å². The van der Waals surface area contributed by atoms with Crippen molar-refractivity contribution in [2.75, 3.05) is 0 Å². The van der Waals surface area contributed by atoms with Crippen LogP contribution in [0.5, 0.6) is 0 Å². The molecule has 0 spiro atoms. The molecule has 0 atom stereocenters. The van der Waals surface area contributed by atoms with Gasteiger partial charge in [0.25, 0.3) is 0 Å². The van der Waals surface area contributed by atoms with Crippen molar-refractivity contribution in [1.82, 2.24) is 9.97 Å². The van der Waals surface area contributed by atoms with E-state index in [-0.39, 0.29) is 5.54 Å². The molecule has 100 valence electrons. The molecule has 3 nitrogen and oxygen atoms in total. The Morgan fingerprint density at radius 3 is 2.33 bits per heavy atom. The number of hydrogen-bond acceptors (Lipinski definition) is 3. The van der Waals surface area contributed by atoms with Gasteiger partial charge >= 0.3 is 0 Å². The van der Waals surface area contributed by atoms with Crippen molar-refractivity contribution in [3.8, 4) is 0 Å². The quantitative estimate of drug-likeness (QED) is 0.867. The van der Waals surface area contributed by atoms with Gasteiger partial charge in [0.15, 0.2) is 0 Å². The molecular weight excluding hydrogens is 222 g/mol. The maximum absolute atomic E-state index is 6.45. The highest BCUT2D eigenvalue weighted by molar-refractivity contribution is 5.23. The minimum absolute atomic E-state index is 0.367. The molecule has 18 heavy (non-hydrogen) atoms. The molecule has 0 radical (unpaired) electrons. The second-order valence-corrected chi connectivity index (χ2v) is 5.83. The maximum Gasteiger partial charge on any atom is 0.148 e. The van der Waals surface area contributed by atoms with Gasteiger partial charge in [-0.05, 0) is 37.7 Å². The highest BCUT2D eigenvalue weighted by atomic mass is 15.0. The Labute approximate surface area is 110 Å². The van der Waals surface area contributed by atoms with E-state index in [2.05, 4.69) is 33.8 Å². The van der Waals surface area contributed by atoms with E-state index in [1.54, 1.807) is 0 Å². The molecule has 1 aromatic rings. The first-order chi connectivity index (χ1) is 8.50. The van der Waals surface area contributed by atoms with Gasteiger partial charge in [-0.25, -0.2) is 9.97 Å². The molecule has 0 saturated heterocycles. The molecule has 1 saturated carbocycles. The van der Waals surface area contributed by atoms with Crippen molar-refractivity contribution in [2.24, 2.45) is 5.73 Å². The number of rotatable bonds is 5. The van der Waals surface area contributed by atoms with Crippen LogP contribution < -0.4 is 5.73 Å². The zero-order valence-corrected chi connectivity index (χ0v) is 12.0. The van der Waals surface area contributed by atoms with E-state index in [4.69, 9.17) is 15.7 Å². The third-order valence-corrected chi connectivity index (χ3v) is 4.06. The average Bonchev–Trinajstić information content (AvgIpc) is 3.21. The first kappa shape index (κ1) is 13.5. The van der Waals surface area contributed by atoms with Crippen LogP contribution in [0.3, 0.4) is 0 Å². The SMILES string of the molecule is CCC(N)(CC)c1nc(C(C)C)cc(C2CC2)n1. The molecule has 3 heteroatoms. The monoisotopic (exact) mass is 247 g/mol. The molecule has 0 aromatic carbocycles. The first-order valence-corrected chi connectivity index (χ1v) is 7.18. The summed E-state index contributed by atoms with van der Waals surface area (Å²) >= 11 is 0. The molecular formula is C15H25N3. The molecule has 0 amide bonds. The van der Waals surface area contributed by atoms with E-state index in [9.17, 15) is 0 Å². The summed E-state index contributed by atoms with van der Waals surface area (Å²) in [6.45, 7) is 8.59. The molecule has 1 aromatic heterocycles. The Balaban J connectivity index is 2.45. The minimum Gasteiger partial charge on any atom is -0.319 e. The van der Waals surface area contributed by atoms with Crippen LogP contribution >= 0.6 is 0 Å². The Bertz CT molecular complexity index is 397. The van der Waals surface area contributed by atoms with Gasteiger partial charge in [-0.15, -0.1) is 0 Å². The van der Waals surface area contributed by atoms with Crippen LogP contribution in [0.15, 0.2) is 6.07 Å². The third kappa shape index (κ3) is 2.56. The van der Waals surface area contributed by atoms with Gasteiger partial charge in [0.2, 0.25) is 0 Å². The van der Waals surface area contributed by atoms with Crippen LogP contribution in [-0.2, 0) is 5.54 Å². The fourth-order valence-electron chi connectivity index (χ4n) is 2.16. The fraction of sp³-hybridized carbons (Fsp3) is 0.733. The summed E-state index contributed by atoms with van der Waals surface area (Å²) in [5.74, 6) is 1.94. The average molecular weight is 247 g/mol. The Morgan fingerprint density at radius 1 is 1.28 bits per heavy atom. The molecule has 0 unspecified atom stereocenters. The van der Waals surface area contributed by atoms with Gasteiger partial charge in [0, 0.05) is 17.3 Å². The lowest BCUT2D eigenvalue weighted by Crippen LogP contribution is -2.37. The zero-order valence-electron chi connectivity index (χ0n) is 12.0. The summed E-state index contributed by atoms with van der Waals surface area (Å²) in [7, 11) is 0. The number of aromatic nitrogens is 2. The van der Waals surface area contributed by atoms with Crippen LogP contribution in [0.25, 0.3) is 0 Å². The first-order valence-electron chi connectivity index (χ1n) is 7.18. The molecule has 1 aliphatic carbocycles. The van der Waals surface area contributed by atoms with E-state index in [1.807, 2.05) is 0 Å². The summed E-state index contributed by atoms with van der Waals surface area (Å²) in [5.41, 5.74) is 8.43. The zero-order chi connectivity index (χ0) is 13.3. The number of nitrogens with two attached hydrogens (primary N) is 1. The van der Waals surface area contributed by atoms with Crippen molar-refractivity contribution in [3.63, 3.8) is 0 Å². The summed E-state index contributed by atoms with van der Waals surface area (Å²) in [5, 5.41) is 0. The van der Waals surface area contributed by atoms with E-state index in [0.29, 0.717) is 11.8 Å². The standard InChI is InChI=1S/C15H25N3/c1-5-15(16,6-2)14-17-12(10(3)4)9-13(18-14)11-7-8-11/h9-11H,5-8,16H2,1-4H3.